The van der Waals surface area contributed by atoms with E-state index in [0.717, 1.165) is 5.39 Å². The molecule has 0 aliphatic rings. The Labute approximate surface area is 108 Å². The van der Waals surface area contributed by atoms with E-state index in [-0.39, 0.29) is 5.82 Å². The monoisotopic (exact) mass is 263 g/mol. The first-order valence-corrected chi connectivity index (χ1v) is 6.07. The summed E-state index contributed by atoms with van der Waals surface area (Å²) in [6, 6.07) is 5.43. The Hall–Kier alpha value is -1.81. The summed E-state index contributed by atoms with van der Waals surface area (Å²) in [6.45, 7) is 2.66. The van der Waals surface area contributed by atoms with Gasteiger partial charge in [-0.15, -0.1) is 0 Å². The summed E-state index contributed by atoms with van der Waals surface area (Å²) in [6.07, 6.45) is 3.48. The van der Waals surface area contributed by atoms with Gasteiger partial charge in [-0.05, 0) is 13.0 Å². The highest BCUT2D eigenvalue weighted by Gasteiger charge is 2.15. The van der Waals surface area contributed by atoms with E-state index >= 15 is 0 Å². The Kier molecular flexibility index (Phi) is 2.59. The number of halogens is 2. The Bertz CT molecular complexity index is 714. The van der Waals surface area contributed by atoms with Gasteiger partial charge in [0.25, 0.3) is 0 Å². The van der Waals surface area contributed by atoms with Gasteiger partial charge in [0.2, 0.25) is 0 Å². The highest BCUT2D eigenvalue weighted by Crippen LogP contribution is 2.32. The molecule has 0 aliphatic carbocycles. The molecule has 2 aromatic heterocycles. The van der Waals surface area contributed by atoms with Crippen molar-refractivity contribution in [1.82, 2.24) is 14.8 Å². The number of hydrogen-bond donors (Lipinski definition) is 1. The van der Waals surface area contributed by atoms with Gasteiger partial charge >= 0.3 is 0 Å². The normalized spacial score (nSPS) is 11.3. The van der Waals surface area contributed by atoms with Gasteiger partial charge in [0, 0.05) is 35.5 Å². The quantitative estimate of drug-likeness (QED) is 0.749. The van der Waals surface area contributed by atoms with Crippen molar-refractivity contribution in [3.8, 4) is 11.1 Å². The van der Waals surface area contributed by atoms with E-state index in [9.17, 15) is 4.39 Å². The zero-order valence-corrected chi connectivity index (χ0v) is 10.5. The van der Waals surface area contributed by atoms with Crippen molar-refractivity contribution in [3.05, 3.63) is 41.6 Å². The minimum absolute atomic E-state index is 0.296. The molecule has 2 heterocycles. The average Bonchev–Trinajstić information content (AvgIpc) is 2.96. The number of hydrogen-bond acceptors (Lipinski definition) is 1. The Balaban J connectivity index is 2.24. The van der Waals surface area contributed by atoms with Crippen molar-refractivity contribution in [2.45, 2.75) is 13.5 Å². The van der Waals surface area contributed by atoms with Gasteiger partial charge in [-0.2, -0.15) is 5.10 Å². The van der Waals surface area contributed by atoms with Crippen LogP contribution in [0.5, 0.6) is 0 Å². The maximum atomic E-state index is 14.4. The van der Waals surface area contributed by atoms with Crippen LogP contribution in [0.25, 0.3) is 22.0 Å². The molecule has 0 aliphatic heterocycles. The van der Waals surface area contributed by atoms with E-state index in [2.05, 4.69) is 10.1 Å². The molecular weight excluding hydrogens is 253 g/mol. The molecule has 0 saturated heterocycles. The van der Waals surface area contributed by atoms with Crippen molar-refractivity contribution in [2.24, 2.45) is 0 Å². The summed E-state index contributed by atoms with van der Waals surface area (Å²) >= 11 is 6.05. The summed E-state index contributed by atoms with van der Waals surface area (Å²) in [5, 5.41) is 5.28. The first-order chi connectivity index (χ1) is 8.70. The Morgan fingerprint density at radius 2 is 2.17 bits per heavy atom. The highest BCUT2D eigenvalue weighted by atomic mass is 35.5. The third kappa shape index (κ3) is 1.61. The molecular formula is C13H11ClFN3. The predicted molar refractivity (Wildman–Crippen MR) is 70.2 cm³/mol. The van der Waals surface area contributed by atoms with Crippen LogP contribution >= 0.6 is 11.6 Å². The number of benzene rings is 1. The van der Waals surface area contributed by atoms with E-state index in [0.29, 0.717) is 28.3 Å². The number of nitrogens with one attached hydrogen (secondary N) is 1. The summed E-state index contributed by atoms with van der Waals surface area (Å²) < 4.78 is 16.0. The zero-order valence-electron chi connectivity index (χ0n) is 9.74. The second kappa shape index (κ2) is 4.14. The van der Waals surface area contributed by atoms with Crippen LogP contribution in [0.1, 0.15) is 6.92 Å². The SMILES string of the molecule is CCn1cc(-c2ccc3cc[nH]c3c2F)c(Cl)n1. The topological polar surface area (TPSA) is 33.6 Å². The lowest BCUT2D eigenvalue weighted by atomic mass is 10.1. The van der Waals surface area contributed by atoms with E-state index in [1.165, 1.54) is 0 Å². The fourth-order valence-corrected chi connectivity index (χ4v) is 2.29. The predicted octanol–water partition coefficient (Wildman–Crippen LogP) is 3.84. The van der Waals surface area contributed by atoms with Crippen molar-refractivity contribution >= 4 is 22.5 Å². The molecule has 0 spiro atoms. The van der Waals surface area contributed by atoms with E-state index in [1.54, 1.807) is 23.1 Å². The molecule has 5 heteroatoms. The van der Waals surface area contributed by atoms with Gasteiger partial charge in [0.1, 0.15) is 0 Å². The third-order valence-electron chi connectivity index (χ3n) is 3.00. The molecule has 0 bridgehead atoms. The number of aromatic nitrogens is 3. The average molecular weight is 264 g/mol. The molecule has 0 unspecified atom stereocenters. The smallest absolute Gasteiger partial charge is 0.158 e. The van der Waals surface area contributed by atoms with Crippen molar-refractivity contribution in [1.29, 1.82) is 0 Å². The molecule has 18 heavy (non-hydrogen) atoms. The van der Waals surface area contributed by atoms with Crippen LogP contribution in [0.3, 0.4) is 0 Å². The number of aromatic amines is 1. The van der Waals surface area contributed by atoms with Crippen molar-refractivity contribution < 1.29 is 4.39 Å². The van der Waals surface area contributed by atoms with E-state index in [1.807, 2.05) is 19.1 Å². The Morgan fingerprint density at radius 1 is 1.33 bits per heavy atom. The summed E-state index contributed by atoms with van der Waals surface area (Å²) in [7, 11) is 0. The van der Waals surface area contributed by atoms with Crippen LogP contribution in [0.4, 0.5) is 4.39 Å². The fraction of sp³-hybridized carbons (Fsp3) is 0.154. The molecule has 0 radical (unpaired) electrons. The second-order valence-corrected chi connectivity index (χ2v) is 4.42. The van der Waals surface area contributed by atoms with Crippen LogP contribution in [0, 0.1) is 5.82 Å². The van der Waals surface area contributed by atoms with Crippen LogP contribution in [-0.4, -0.2) is 14.8 Å². The summed E-state index contributed by atoms with van der Waals surface area (Å²) in [4.78, 5) is 2.89. The van der Waals surface area contributed by atoms with Gasteiger partial charge in [-0.3, -0.25) is 4.68 Å². The highest BCUT2D eigenvalue weighted by molar-refractivity contribution is 6.32. The lowest BCUT2D eigenvalue weighted by Crippen LogP contribution is -1.92. The molecule has 1 aromatic carbocycles. The first kappa shape index (κ1) is 11.3. The summed E-state index contributed by atoms with van der Waals surface area (Å²) in [5.74, 6) is -0.296. The molecule has 92 valence electrons. The van der Waals surface area contributed by atoms with Crippen LogP contribution in [0.2, 0.25) is 5.15 Å². The molecule has 3 aromatic rings. The van der Waals surface area contributed by atoms with Crippen LogP contribution in [-0.2, 0) is 6.54 Å². The van der Waals surface area contributed by atoms with Crippen molar-refractivity contribution in [2.75, 3.05) is 0 Å². The summed E-state index contributed by atoms with van der Waals surface area (Å²) in [5.41, 5.74) is 1.58. The number of aryl methyl sites for hydroxylation is 1. The van der Waals surface area contributed by atoms with Gasteiger partial charge < -0.3 is 4.98 Å². The lowest BCUT2D eigenvalue weighted by Gasteiger charge is -2.02. The number of nitrogens with zero attached hydrogens (tertiary/aromatic N) is 2. The number of rotatable bonds is 2. The van der Waals surface area contributed by atoms with Crippen molar-refractivity contribution in [3.63, 3.8) is 0 Å². The third-order valence-corrected chi connectivity index (χ3v) is 3.27. The minimum Gasteiger partial charge on any atom is -0.359 e. The maximum Gasteiger partial charge on any atom is 0.158 e. The molecule has 1 N–H and O–H groups in total. The van der Waals surface area contributed by atoms with Gasteiger partial charge in [-0.25, -0.2) is 4.39 Å². The second-order valence-electron chi connectivity index (χ2n) is 4.06. The first-order valence-electron chi connectivity index (χ1n) is 5.69. The molecule has 0 fully saturated rings. The van der Waals surface area contributed by atoms with Gasteiger partial charge in [0.15, 0.2) is 11.0 Å². The molecule has 0 amide bonds. The van der Waals surface area contributed by atoms with Crippen LogP contribution < -0.4 is 0 Å². The Morgan fingerprint density at radius 3 is 2.89 bits per heavy atom. The van der Waals surface area contributed by atoms with Gasteiger partial charge in [0.05, 0.1) is 5.52 Å². The largest absolute Gasteiger partial charge is 0.359 e. The van der Waals surface area contributed by atoms with Crippen LogP contribution in [0.15, 0.2) is 30.6 Å². The zero-order chi connectivity index (χ0) is 12.7. The molecule has 0 saturated carbocycles. The standard InChI is InChI=1S/C13H11ClFN3/c1-2-18-7-10(13(14)17-18)9-4-3-8-5-6-16-12(8)11(9)15/h3-7,16H,2H2,1H3. The van der Waals surface area contributed by atoms with E-state index < -0.39 is 0 Å². The maximum absolute atomic E-state index is 14.4. The van der Waals surface area contributed by atoms with E-state index in [4.69, 9.17) is 11.6 Å². The lowest BCUT2D eigenvalue weighted by molar-refractivity contribution is 0.640. The minimum atomic E-state index is -0.296. The number of H-pyrrole nitrogens is 1. The van der Waals surface area contributed by atoms with Gasteiger partial charge in [-0.1, -0.05) is 23.7 Å². The number of fused-ring (bicyclic) bond motifs is 1. The molecule has 3 nitrogen and oxygen atoms in total. The molecule has 3 rings (SSSR count). The molecule has 0 atom stereocenters. The fourth-order valence-electron chi connectivity index (χ4n) is 2.04.